The lowest BCUT2D eigenvalue weighted by Gasteiger charge is -2.14. The van der Waals surface area contributed by atoms with Crippen LogP contribution in [0.5, 0.6) is 17.2 Å². The fourth-order valence-electron chi connectivity index (χ4n) is 2.44. The summed E-state index contributed by atoms with van der Waals surface area (Å²) in [7, 11) is 3.05. The number of nitrogens with two attached hydrogens (primary N) is 1. The van der Waals surface area contributed by atoms with Crippen LogP contribution in [0.1, 0.15) is 22.8 Å². The van der Waals surface area contributed by atoms with E-state index in [4.69, 9.17) is 19.9 Å². The Hall–Kier alpha value is -3.48. The molecule has 0 aliphatic heterocycles. The molecular weight excluding hydrogens is 348 g/mol. The molecule has 0 saturated heterocycles. The Bertz CT molecular complexity index is 836. The van der Waals surface area contributed by atoms with Crippen LogP contribution < -0.4 is 25.3 Å². The van der Waals surface area contributed by atoms with Crippen molar-refractivity contribution in [2.75, 3.05) is 26.1 Å². The molecule has 3 N–H and O–H groups in total. The normalized spacial score (nSPS) is 10.5. The lowest BCUT2D eigenvalue weighted by molar-refractivity contribution is -0.111. The summed E-state index contributed by atoms with van der Waals surface area (Å²) in [5.74, 6) is 0.469. The fraction of sp³-hybridized carbons (Fsp3) is 0.200. The van der Waals surface area contributed by atoms with Crippen molar-refractivity contribution in [1.29, 1.82) is 0 Å². The molecule has 7 nitrogen and oxygen atoms in total. The highest BCUT2D eigenvalue weighted by Crippen LogP contribution is 2.38. The smallest absolute Gasteiger partial charge is 0.250 e. The highest BCUT2D eigenvalue weighted by atomic mass is 16.5. The molecule has 0 spiro atoms. The lowest BCUT2D eigenvalue weighted by atomic mass is 10.1. The van der Waals surface area contributed by atoms with Gasteiger partial charge in [0.25, 0.3) is 5.91 Å². The van der Waals surface area contributed by atoms with Crippen molar-refractivity contribution in [2.45, 2.75) is 6.92 Å². The van der Waals surface area contributed by atoms with E-state index in [0.29, 0.717) is 35.1 Å². The van der Waals surface area contributed by atoms with Gasteiger partial charge in [0.15, 0.2) is 11.5 Å². The number of carbonyl (C=O) groups is 2. The number of amides is 2. The molecule has 142 valence electrons. The number of ether oxygens (including phenoxy) is 3. The van der Waals surface area contributed by atoms with Crippen molar-refractivity contribution in [3.8, 4) is 17.2 Å². The number of carbonyl (C=O) groups excluding carboxylic acids is 2. The average Bonchev–Trinajstić information content (AvgIpc) is 2.67. The van der Waals surface area contributed by atoms with E-state index >= 15 is 0 Å². The number of benzene rings is 2. The van der Waals surface area contributed by atoms with Crippen molar-refractivity contribution >= 4 is 23.6 Å². The standard InChI is InChI=1S/C20H22N2O5/c1-4-27-19-16(25-2)11-13(12-17(19)26-3)9-10-18(23)22-15-8-6-5-7-14(15)20(21)24/h5-12H,4H2,1-3H3,(H2,21,24)(H,22,23). The van der Waals surface area contributed by atoms with Crippen molar-refractivity contribution in [3.05, 3.63) is 53.6 Å². The molecule has 0 atom stereocenters. The van der Waals surface area contributed by atoms with Crippen LogP contribution in [0.15, 0.2) is 42.5 Å². The van der Waals surface area contributed by atoms with Crippen LogP contribution in [0.3, 0.4) is 0 Å². The van der Waals surface area contributed by atoms with Crippen LogP contribution >= 0.6 is 0 Å². The van der Waals surface area contributed by atoms with Gasteiger partial charge in [-0.1, -0.05) is 12.1 Å². The van der Waals surface area contributed by atoms with Gasteiger partial charge in [-0.05, 0) is 42.8 Å². The number of anilines is 1. The summed E-state index contributed by atoms with van der Waals surface area (Å²) in [6, 6.07) is 9.99. The van der Waals surface area contributed by atoms with Gasteiger partial charge in [-0.2, -0.15) is 0 Å². The molecule has 0 aliphatic rings. The van der Waals surface area contributed by atoms with Crippen LogP contribution in [0.25, 0.3) is 6.08 Å². The third-order valence-electron chi connectivity index (χ3n) is 3.65. The molecule has 27 heavy (non-hydrogen) atoms. The zero-order chi connectivity index (χ0) is 19.8. The van der Waals surface area contributed by atoms with E-state index in [1.807, 2.05) is 6.92 Å². The third kappa shape index (κ3) is 5.01. The molecule has 0 radical (unpaired) electrons. The summed E-state index contributed by atoms with van der Waals surface area (Å²) in [6.07, 6.45) is 2.94. The van der Waals surface area contributed by atoms with Gasteiger partial charge in [0, 0.05) is 6.08 Å². The second-order valence-corrected chi connectivity index (χ2v) is 5.42. The maximum absolute atomic E-state index is 12.2. The Morgan fingerprint density at radius 3 is 2.30 bits per heavy atom. The van der Waals surface area contributed by atoms with Gasteiger partial charge in [-0.15, -0.1) is 0 Å². The van der Waals surface area contributed by atoms with Crippen molar-refractivity contribution in [1.82, 2.24) is 0 Å². The zero-order valence-corrected chi connectivity index (χ0v) is 15.4. The number of methoxy groups -OCH3 is 2. The zero-order valence-electron chi connectivity index (χ0n) is 15.4. The SMILES string of the molecule is CCOc1c(OC)cc(C=CC(=O)Nc2ccccc2C(N)=O)cc1OC. The highest BCUT2D eigenvalue weighted by molar-refractivity contribution is 6.07. The van der Waals surface area contributed by atoms with Crippen LogP contribution in [0.4, 0.5) is 5.69 Å². The minimum Gasteiger partial charge on any atom is -0.493 e. The average molecular weight is 370 g/mol. The van der Waals surface area contributed by atoms with E-state index in [2.05, 4.69) is 5.32 Å². The largest absolute Gasteiger partial charge is 0.493 e. The van der Waals surface area contributed by atoms with Gasteiger partial charge in [0.05, 0.1) is 32.1 Å². The summed E-state index contributed by atoms with van der Waals surface area (Å²) >= 11 is 0. The van der Waals surface area contributed by atoms with Crippen LogP contribution in [0.2, 0.25) is 0 Å². The number of hydrogen-bond acceptors (Lipinski definition) is 5. The van der Waals surface area contributed by atoms with Gasteiger partial charge in [0.2, 0.25) is 11.7 Å². The minimum absolute atomic E-state index is 0.239. The van der Waals surface area contributed by atoms with E-state index in [1.54, 1.807) is 42.5 Å². The molecule has 2 aromatic carbocycles. The molecular formula is C20H22N2O5. The molecule has 0 aliphatic carbocycles. The molecule has 0 saturated carbocycles. The lowest BCUT2D eigenvalue weighted by Crippen LogP contribution is -2.16. The minimum atomic E-state index is -0.615. The molecule has 2 rings (SSSR count). The molecule has 0 bridgehead atoms. The first-order valence-corrected chi connectivity index (χ1v) is 8.26. The Kier molecular flexibility index (Phi) is 6.82. The van der Waals surface area contributed by atoms with Crippen molar-refractivity contribution in [3.63, 3.8) is 0 Å². The summed E-state index contributed by atoms with van der Waals surface area (Å²) in [6.45, 7) is 2.32. The van der Waals surface area contributed by atoms with Crippen LogP contribution in [0, 0.1) is 0 Å². The third-order valence-corrected chi connectivity index (χ3v) is 3.65. The molecule has 0 fully saturated rings. The van der Waals surface area contributed by atoms with E-state index in [9.17, 15) is 9.59 Å². The van der Waals surface area contributed by atoms with Crippen LogP contribution in [-0.4, -0.2) is 32.6 Å². The van der Waals surface area contributed by atoms with Gasteiger partial charge in [-0.25, -0.2) is 0 Å². The topological polar surface area (TPSA) is 99.9 Å². The predicted octanol–water partition coefficient (Wildman–Crippen LogP) is 2.85. The number of primary amides is 1. The molecule has 2 aromatic rings. The maximum Gasteiger partial charge on any atom is 0.250 e. The maximum atomic E-state index is 12.2. The Morgan fingerprint density at radius 1 is 1.11 bits per heavy atom. The van der Waals surface area contributed by atoms with E-state index in [0.717, 1.165) is 0 Å². The van der Waals surface area contributed by atoms with Gasteiger partial charge in [-0.3, -0.25) is 9.59 Å². The fourth-order valence-corrected chi connectivity index (χ4v) is 2.44. The van der Waals surface area contributed by atoms with Gasteiger partial charge in [0.1, 0.15) is 0 Å². The number of nitrogens with one attached hydrogen (secondary N) is 1. The first-order valence-electron chi connectivity index (χ1n) is 8.26. The van der Waals surface area contributed by atoms with Crippen molar-refractivity contribution in [2.24, 2.45) is 5.73 Å². The Balaban J connectivity index is 2.22. The number of para-hydroxylation sites is 1. The highest BCUT2D eigenvalue weighted by Gasteiger charge is 2.13. The summed E-state index contributed by atoms with van der Waals surface area (Å²) < 4.78 is 16.2. The Morgan fingerprint density at radius 2 is 1.74 bits per heavy atom. The van der Waals surface area contributed by atoms with Crippen LogP contribution in [-0.2, 0) is 4.79 Å². The number of rotatable bonds is 8. The quantitative estimate of drug-likeness (QED) is 0.696. The molecule has 2 amide bonds. The summed E-state index contributed by atoms with van der Waals surface area (Å²) in [5.41, 5.74) is 6.58. The second-order valence-electron chi connectivity index (χ2n) is 5.42. The number of hydrogen-bond donors (Lipinski definition) is 2. The van der Waals surface area contributed by atoms with E-state index < -0.39 is 11.8 Å². The second kappa shape index (κ2) is 9.28. The van der Waals surface area contributed by atoms with Gasteiger partial charge < -0.3 is 25.3 Å². The molecule has 0 unspecified atom stereocenters. The van der Waals surface area contributed by atoms with Crippen molar-refractivity contribution < 1.29 is 23.8 Å². The monoisotopic (exact) mass is 370 g/mol. The predicted molar refractivity (Wildman–Crippen MR) is 103 cm³/mol. The van der Waals surface area contributed by atoms with E-state index in [-0.39, 0.29) is 5.56 Å². The first kappa shape index (κ1) is 19.8. The first-order chi connectivity index (χ1) is 13.0. The molecule has 0 heterocycles. The molecule has 7 heteroatoms. The Labute approximate surface area is 157 Å². The van der Waals surface area contributed by atoms with Gasteiger partial charge >= 0.3 is 0 Å². The van der Waals surface area contributed by atoms with E-state index in [1.165, 1.54) is 20.3 Å². The summed E-state index contributed by atoms with van der Waals surface area (Å²) in [4.78, 5) is 23.6. The molecule has 0 aromatic heterocycles. The summed E-state index contributed by atoms with van der Waals surface area (Å²) in [5, 5.41) is 2.64.